The molecule has 2 rings (SSSR count). The third-order valence-corrected chi connectivity index (χ3v) is 4.69. The Kier molecular flexibility index (Phi) is 7.61. The van der Waals surface area contributed by atoms with E-state index in [9.17, 15) is 14.4 Å². The van der Waals surface area contributed by atoms with E-state index in [0.29, 0.717) is 29.9 Å². The lowest BCUT2D eigenvalue weighted by atomic mass is 9.94. The van der Waals surface area contributed by atoms with Gasteiger partial charge in [-0.05, 0) is 44.9 Å². The molecule has 0 saturated carbocycles. The summed E-state index contributed by atoms with van der Waals surface area (Å²) in [6.07, 6.45) is 2.29. The van der Waals surface area contributed by atoms with E-state index in [2.05, 4.69) is 10.6 Å². The van der Waals surface area contributed by atoms with Crippen molar-refractivity contribution >= 4 is 23.6 Å². The smallest absolute Gasteiger partial charge is 0.338 e. The standard InChI is InChI=1S/C21H29N3O4/c1-5-8-9-17(25)22-16-12-10-15(11-13-16)19-18(20(26)28-7-3)14(4)24(6-2)21(27)23-19/h10-13,19H,5-9H2,1-4H3,(H,22,25)(H,23,27)/t19-/m0/s1. The first-order chi connectivity index (χ1) is 13.4. The molecule has 1 aromatic carbocycles. The van der Waals surface area contributed by atoms with Crippen LogP contribution >= 0.6 is 0 Å². The number of esters is 1. The molecule has 0 bridgehead atoms. The highest BCUT2D eigenvalue weighted by atomic mass is 16.5. The molecule has 1 aliphatic rings. The molecule has 152 valence electrons. The quantitative estimate of drug-likeness (QED) is 0.665. The summed E-state index contributed by atoms with van der Waals surface area (Å²) in [5, 5.41) is 5.74. The number of benzene rings is 1. The third-order valence-electron chi connectivity index (χ3n) is 4.69. The molecule has 1 atom stereocenters. The normalized spacial score (nSPS) is 16.6. The van der Waals surface area contributed by atoms with Crippen molar-refractivity contribution in [1.29, 1.82) is 0 Å². The van der Waals surface area contributed by atoms with Gasteiger partial charge in [0.2, 0.25) is 5.91 Å². The molecule has 1 aliphatic heterocycles. The Morgan fingerprint density at radius 2 is 1.86 bits per heavy atom. The van der Waals surface area contributed by atoms with Crippen LogP contribution in [0.15, 0.2) is 35.5 Å². The average molecular weight is 387 g/mol. The van der Waals surface area contributed by atoms with E-state index >= 15 is 0 Å². The molecule has 0 saturated heterocycles. The predicted molar refractivity (Wildman–Crippen MR) is 108 cm³/mol. The molecule has 7 heteroatoms. The summed E-state index contributed by atoms with van der Waals surface area (Å²) in [7, 11) is 0. The van der Waals surface area contributed by atoms with Crippen LogP contribution in [-0.4, -0.2) is 36.0 Å². The molecule has 0 unspecified atom stereocenters. The molecular formula is C21H29N3O4. The SMILES string of the molecule is CCCCC(=O)Nc1ccc([C@@H]2NC(=O)N(CC)C(C)=C2C(=O)OCC)cc1. The largest absolute Gasteiger partial charge is 0.463 e. The average Bonchev–Trinajstić information content (AvgIpc) is 2.67. The second-order valence-corrected chi connectivity index (χ2v) is 6.62. The van der Waals surface area contributed by atoms with E-state index in [4.69, 9.17) is 4.74 Å². The second kappa shape index (κ2) is 9.92. The van der Waals surface area contributed by atoms with Crippen molar-refractivity contribution < 1.29 is 19.1 Å². The number of hydrogen-bond acceptors (Lipinski definition) is 4. The number of nitrogens with zero attached hydrogens (tertiary/aromatic N) is 1. The van der Waals surface area contributed by atoms with E-state index in [-0.39, 0.29) is 18.5 Å². The number of rotatable bonds is 8. The van der Waals surface area contributed by atoms with Gasteiger partial charge in [-0.25, -0.2) is 9.59 Å². The summed E-state index contributed by atoms with van der Waals surface area (Å²) < 4.78 is 5.21. The number of carbonyl (C=O) groups is 3. The van der Waals surface area contributed by atoms with Gasteiger partial charge < -0.3 is 15.4 Å². The second-order valence-electron chi connectivity index (χ2n) is 6.62. The summed E-state index contributed by atoms with van der Waals surface area (Å²) in [5.41, 5.74) is 2.44. The minimum atomic E-state index is -0.598. The molecule has 1 heterocycles. The fourth-order valence-electron chi connectivity index (χ4n) is 3.21. The highest BCUT2D eigenvalue weighted by Crippen LogP contribution is 2.31. The highest BCUT2D eigenvalue weighted by Gasteiger charge is 2.35. The lowest BCUT2D eigenvalue weighted by Crippen LogP contribution is -2.47. The molecule has 0 spiro atoms. The van der Waals surface area contributed by atoms with Gasteiger partial charge in [-0.2, -0.15) is 0 Å². The Morgan fingerprint density at radius 3 is 2.43 bits per heavy atom. The van der Waals surface area contributed by atoms with Crippen LogP contribution < -0.4 is 10.6 Å². The highest BCUT2D eigenvalue weighted by molar-refractivity contribution is 5.95. The fraction of sp³-hybridized carbons (Fsp3) is 0.476. The molecular weight excluding hydrogens is 358 g/mol. The summed E-state index contributed by atoms with van der Waals surface area (Å²) in [6.45, 7) is 8.10. The minimum absolute atomic E-state index is 0.0258. The lowest BCUT2D eigenvalue weighted by Gasteiger charge is -2.34. The topological polar surface area (TPSA) is 87.7 Å². The van der Waals surface area contributed by atoms with Crippen molar-refractivity contribution in [3.8, 4) is 0 Å². The molecule has 2 N–H and O–H groups in total. The predicted octanol–water partition coefficient (Wildman–Crippen LogP) is 3.74. The van der Waals surface area contributed by atoms with E-state index in [1.807, 2.05) is 13.8 Å². The van der Waals surface area contributed by atoms with Crippen molar-refractivity contribution in [2.75, 3.05) is 18.5 Å². The molecule has 7 nitrogen and oxygen atoms in total. The maximum atomic E-state index is 12.6. The summed E-state index contributed by atoms with van der Waals surface area (Å²) in [4.78, 5) is 38.4. The summed E-state index contributed by atoms with van der Waals surface area (Å²) in [6, 6.07) is 6.29. The van der Waals surface area contributed by atoms with Crippen LogP contribution in [0.3, 0.4) is 0 Å². The van der Waals surface area contributed by atoms with Crippen molar-refractivity contribution in [3.63, 3.8) is 0 Å². The van der Waals surface area contributed by atoms with Crippen molar-refractivity contribution in [1.82, 2.24) is 10.2 Å². The van der Waals surface area contributed by atoms with Gasteiger partial charge in [0, 0.05) is 24.4 Å². The number of amides is 3. The summed E-state index contributed by atoms with van der Waals surface area (Å²) in [5.74, 6) is -0.470. The van der Waals surface area contributed by atoms with Crippen LogP contribution in [0.25, 0.3) is 0 Å². The Hall–Kier alpha value is -2.83. The Morgan fingerprint density at radius 1 is 1.18 bits per heavy atom. The van der Waals surface area contributed by atoms with E-state index in [0.717, 1.165) is 18.4 Å². The molecule has 1 aromatic rings. The van der Waals surface area contributed by atoms with Gasteiger partial charge in [-0.1, -0.05) is 25.5 Å². The van der Waals surface area contributed by atoms with E-state index in [1.165, 1.54) is 4.90 Å². The molecule has 28 heavy (non-hydrogen) atoms. The molecule has 0 aliphatic carbocycles. The zero-order valence-electron chi connectivity index (χ0n) is 17.0. The first-order valence-corrected chi connectivity index (χ1v) is 9.78. The van der Waals surface area contributed by atoms with Gasteiger partial charge in [0.05, 0.1) is 18.2 Å². The van der Waals surface area contributed by atoms with Gasteiger partial charge in [-0.15, -0.1) is 0 Å². The fourth-order valence-corrected chi connectivity index (χ4v) is 3.21. The van der Waals surface area contributed by atoms with Crippen LogP contribution in [-0.2, 0) is 14.3 Å². The Labute approximate surface area is 166 Å². The lowest BCUT2D eigenvalue weighted by molar-refractivity contribution is -0.139. The number of anilines is 1. The van der Waals surface area contributed by atoms with Crippen LogP contribution in [0.2, 0.25) is 0 Å². The number of hydrogen-bond donors (Lipinski definition) is 2. The number of allylic oxidation sites excluding steroid dienone is 1. The van der Waals surface area contributed by atoms with Gasteiger partial charge in [0.15, 0.2) is 0 Å². The third kappa shape index (κ3) is 4.91. The monoisotopic (exact) mass is 387 g/mol. The van der Waals surface area contributed by atoms with E-state index < -0.39 is 12.0 Å². The molecule has 0 radical (unpaired) electrons. The maximum absolute atomic E-state index is 12.6. The summed E-state index contributed by atoms with van der Waals surface area (Å²) >= 11 is 0. The molecule has 0 aromatic heterocycles. The van der Waals surface area contributed by atoms with Gasteiger partial charge in [0.25, 0.3) is 0 Å². The zero-order chi connectivity index (χ0) is 20.7. The van der Waals surface area contributed by atoms with Crippen LogP contribution in [0.5, 0.6) is 0 Å². The zero-order valence-corrected chi connectivity index (χ0v) is 17.0. The maximum Gasteiger partial charge on any atom is 0.338 e. The van der Waals surface area contributed by atoms with Crippen LogP contribution in [0, 0.1) is 0 Å². The number of ether oxygens (including phenoxy) is 1. The number of urea groups is 1. The van der Waals surface area contributed by atoms with Gasteiger partial charge >= 0.3 is 12.0 Å². The number of nitrogens with one attached hydrogen (secondary N) is 2. The van der Waals surface area contributed by atoms with Crippen LogP contribution in [0.1, 0.15) is 58.6 Å². The molecule has 3 amide bonds. The van der Waals surface area contributed by atoms with Crippen molar-refractivity contribution in [2.24, 2.45) is 0 Å². The van der Waals surface area contributed by atoms with Crippen molar-refractivity contribution in [3.05, 3.63) is 41.1 Å². The first-order valence-electron chi connectivity index (χ1n) is 9.78. The minimum Gasteiger partial charge on any atom is -0.463 e. The first kappa shape index (κ1) is 21.5. The van der Waals surface area contributed by atoms with Gasteiger partial charge in [-0.3, -0.25) is 9.69 Å². The van der Waals surface area contributed by atoms with Crippen molar-refractivity contribution in [2.45, 2.75) is 53.0 Å². The van der Waals surface area contributed by atoms with Crippen LogP contribution in [0.4, 0.5) is 10.5 Å². The van der Waals surface area contributed by atoms with E-state index in [1.54, 1.807) is 38.1 Å². The Balaban J connectivity index is 2.28. The number of unbranched alkanes of at least 4 members (excludes halogenated alkanes) is 1. The molecule has 0 fully saturated rings. The Bertz CT molecular complexity index is 755. The number of carbonyl (C=O) groups excluding carboxylic acids is 3. The van der Waals surface area contributed by atoms with Gasteiger partial charge in [0.1, 0.15) is 0 Å².